The second kappa shape index (κ2) is 5.86. The van der Waals surface area contributed by atoms with Crippen molar-refractivity contribution in [3.05, 3.63) is 29.8 Å². The number of nitrogen functional groups attached to an aromatic ring is 1. The third kappa shape index (κ3) is 2.82. The minimum Gasteiger partial charge on any atom is -0.399 e. The zero-order chi connectivity index (χ0) is 13.9. The molecule has 2 fully saturated rings. The number of anilines is 1. The number of carbonyl (C=O) groups is 1. The molecule has 1 heterocycles. The number of nitrogens with zero attached hydrogens (tertiary/aromatic N) is 1. The predicted molar refractivity (Wildman–Crippen MR) is 81.3 cm³/mol. The lowest BCUT2D eigenvalue weighted by Gasteiger charge is -2.31. The highest BCUT2D eigenvalue weighted by molar-refractivity contribution is 5.77. The van der Waals surface area contributed by atoms with Crippen LogP contribution in [0.3, 0.4) is 0 Å². The molecule has 108 valence electrons. The Morgan fingerprint density at radius 3 is 2.70 bits per heavy atom. The van der Waals surface area contributed by atoms with Crippen LogP contribution >= 0.6 is 0 Å². The van der Waals surface area contributed by atoms with Gasteiger partial charge in [-0.25, -0.2) is 0 Å². The summed E-state index contributed by atoms with van der Waals surface area (Å²) in [5.41, 5.74) is 7.66. The van der Waals surface area contributed by atoms with Crippen LogP contribution in [0.1, 0.15) is 44.1 Å². The van der Waals surface area contributed by atoms with E-state index in [0.29, 0.717) is 18.4 Å². The van der Waals surface area contributed by atoms with Crippen molar-refractivity contribution >= 4 is 11.6 Å². The third-order valence-corrected chi connectivity index (χ3v) is 4.94. The van der Waals surface area contributed by atoms with Gasteiger partial charge < -0.3 is 10.6 Å². The van der Waals surface area contributed by atoms with E-state index in [1.54, 1.807) is 0 Å². The number of rotatable bonds is 3. The Balaban J connectivity index is 1.55. The average molecular weight is 272 g/mol. The quantitative estimate of drug-likeness (QED) is 0.860. The van der Waals surface area contributed by atoms with E-state index >= 15 is 0 Å². The average Bonchev–Trinajstić information content (AvgIpc) is 2.90. The summed E-state index contributed by atoms with van der Waals surface area (Å²) >= 11 is 0. The van der Waals surface area contributed by atoms with Gasteiger partial charge in [0, 0.05) is 24.7 Å². The van der Waals surface area contributed by atoms with Gasteiger partial charge in [-0.1, -0.05) is 25.0 Å². The van der Waals surface area contributed by atoms with Crippen molar-refractivity contribution in [3.8, 4) is 0 Å². The van der Waals surface area contributed by atoms with Crippen LogP contribution in [0.25, 0.3) is 0 Å². The highest BCUT2D eigenvalue weighted by Gasteiger charge is 2.37. The van der Waals surface area contributed by atoms with Gasteiger partial charge in [-0.05, 0) is 49.3 Å². The van der Waals surface area contributed by atoms with Gasteiger partial charge in [-0.2, -0.15) is 0 Å². The molecular formula is C17H24N2O. The monoisotopic (exact) mass is 272 g/mol. The molecule has 0 aromatic heterocycles. The highest BCUT2D eigenvalue weighted by atomic mass is 16.2. The maximum atomic E-state index is 12.4. The second-order valence-electron chi connectivity index (χ2n) is 6.23. The van der Waals surface area contributed by atoms with E-state index in [1.807, 2.05) is 24.3 Å². The molecule has 0 bridgehead atoms. The number of carbonyl (C=O) groups excluding carboxylic acids is 1. The van der Waals surface area contributed by atoms with Crippen molar-refractivity contribution in [1.29, 1.82) is 0 Å². The van der Waals surface area contributed by atoms with E-state index in [9.17, 15) is 4.79 Å². The van der Waals surface area contributed by atoms with Crippen molar-refractivity contribution < 1.29 is 4.79 Å². The van der Waals surface area contributed by atoms with Crippen LogP contribution in [-0.4, -0.2) is 23.4 Å². The van der Waals surface area contributed by atoms with Gasteiger partial charge in [0.1, 0.15) is 0 Å². The zero-order valence-electron chi connectivity index (χ0n) is 12.1. The summed E-state index contributed by atoms with van der Waals surface area (Å²) in [6, 6.07) is 8.41. The number of nitrogens with two attached hydrogens (primary N) is 1. The summed E-state index contributed by atoms with van der Waals surface area (Å²) in [6.07, 6.45) is 7.88. The molecule has 1 aliphatic carbocycles. The molecule has 3 nitrogen and oxygen atoms in total. The highest BCUT2D eigenvalue weighted by Crippen LogP contribution is 2.36. The predicted octanol–water partition coefficient (Wildman–Crippen LogP) is 2.99. The minimum absolute atomic E-state index is 0.344. The van der Waals surface area contributed by atoms with Gasteiger partial charge in [-0.3, -0.25) is 4.79 Å². The molecule has 1 saturated heterocycles. The first-order chi connectivity index (χ1) is 9.74. The van der Waals surface area contributed by atoms with Crippen LogP contribution in [-0.2, 0) is 11.2 Å². The Hall–Kier alpha value is -1.51. The second-order valence-corrected chi connectivity index (χ2v) is 6.23. The van der Waals surface area contributed by atoms with Crippen molar-refractivity contribution in [3.63, 3.8) is 0 Å². The fourth-order valence-electron chi connectivity index (χ4n) is 3.79. The number of benzene rings is 1. The molecular weight excluding hydrogens is 248 g/mol. The van der Waals surface area contributed by atoms with Crippen molar-refractivity contribution in [1.82, 2.24) is 4.90 Å². The maximum absolute atomic E-state index is 12.4. The van der Waals surface area contributed by atoms with E-state index in [2.05, 4.69) is 4.90 Å². The Morgan fingerprint density at radius 1 is 1.15 bits per heavy atom. The van der Waals surface area contributed by atoms with Crippen LogP contribution in [0, 0.1) is 5.92 Å². The maximum Gasteiger partial charge on any atom is 0.223 e. The molecule has 20 heavy (non-hydrogen) atoms. The fraction of sp³-hybridized carbons (Fsp3) is 0.588. The van der Waals surface area contributed by atoms with Crippen LogP contribution < -0.4 is 5.73 Å². The molecule has 2 N–H and O–H groups in total. The summed E-state index contributed by atoms with van der Waals surface area (Å²) in [5.74, 6) is 1.13. The number of amides is 1. The molecule has 1 aliphatic heterocycles. The van der Waals surface area contributed by atoms with Gasteiger partial charge in [0.25, 0.3) is 0 Å². The third-order valence-electron chi connectivity index (χ3n) is 4.94. The van der Waals surface area contributed by atoms with Gasteiger partial charge >= 0.3 is 0 Å². The van der Waals surface area contributed by atoms with E-state index in [1.165, 1.54) is 37.7 Å². The van der Waals surface area contributed by atoms with Gasteiger partial charge in [-0.15, -0.1) is 0 Å². The number of aryl methyl sites for hydroxylation is 1. The van der Waals surface area contributed by atoms with E-state index in [4.69, 9.17) is 5.73 Å². The molecule has 0 radical (unpaired) electrons. The number of hydrogen-bond acceptors (Lipinski definition) is 2. The molecule has 1 aromatic carbocycles. The lowest BCUT2D eigenvalue weighted by molar-refractivity contribution is -0.132. The van der Waals surface area contributed by atoms with Gasteiger partial charge in [0.2, 0.25) is 5.91 Å². The van der Waals surface area contributed by atoms with Crippen LogP contribution in [0.15, 0.2) is 24.3 Å². The summed E-state index contributed by atoms with van der Waals surface area (Å²) in [7, 11) is 0. The first kappa shape index (κ1) is 13.5. The van der Waals surface area contributed by atoms with Gasteiger partial charge in [0.15, 0.2) is 0 Å². The fourth-order valence-corrected chi connectivity index (χ4v) is 3.79. The lowest BCUT2D eigenvalue weighted by Crippen LogP contribution is -2.39. The van der Waals surface area contributed by atoms with E-state index in [0.717, 1.165) is 24.6 Å². The molecule has 1 saturated carbocycles. The molecule has 3 rings (SSSR count). The van der Waals surface area contributed by atoms with E-state index < -0.39 is 0 Å². The van der Waals surface area contributed by atoms with Crippen molar-refractivity contribution in [2.45, 2.75) is 51.0 Å². The Morgan fingerprint density at radius 2 is 1.90 bits per heavy atom. The molecule has 1 amide bonds. The molecule has 0 spiro atoms. The Labute approximate surface area is 121 Å². The largest absolute Gasteiger partial charge is 0.399 e. The van der Waals surface area contributed by atoms with E-state index in [-0.39, 0.29) is 0 Å². The van der Waals surface area contributed by atoms with Crippen LogP contribution in [0.4, 0.5) is 5.69 Å². The molecule has 2 atom stereocenters. The lowest BCUT2D eigenvalue weighted by atomic mass is 9.85. The zero-order valence-corrected chi connectivity index (χ0v) is 12.1. The standard InChI is InChI=1S/C17H24N2O/c18-15-8-5-13(6-9-15)7-10-17(20)19-12-11-14-3-1-2-4-16(14)19/h5-6,8-9,14,16H,1-4,7,10-12,18H2. The van der Waals surface area contributed by atoms with Crippen molar-refractivity contribution in [2.24, 2.45) is 5.92 Å². The summed E-state index contributed by atoms with van der Waals surface area (Å²) in [4.78, 5) is 14.6. The number of fused-ring (bicyclic) bond motifs is 1. The number of likely N-dealkylation sites (tertiary alicyclic amines) is 1. The number of hydrogen-bond donors (Lipinski definition) is 1. The van der Waals surface area contributed by atoms with Crippen LogP contribution in [0.2, 0.25) is 0 Å². The summed E-state index contributed by atoms with van der Waals surface area (Å²) < 4.78 is 0. The smallest absolute Gasteiger partial charge is 0.223 e. The summed E-state index contributed by atoms with van der Waals surface area (Å²) in [6.45, 7) is 0.982. The SMILES string of the molecule is Nc1ccc(CCC(=O)N2CCC3CCCCC32)cc1. The van der Waals surface area contributed by atoms with Crippen LogP contribution in [0.5, 0.6) is 0 Å². The Kier molecular flexibility index (Phi) is 3.95. The first-order valence-corrected chi connectivity index (χ1v) is 7.88. The molecule has 1 aromatic rings. The molecule has 3 heteroatoms. The van der Waals surface area contributed by atoms with Gasteiger partial charge in [0.05, 0.1) is 0 Å². The first-order valence-electron chi connectivity index (χ1n) is 7.88. The minimum atomic E-state index is 0.344. The topological polar surface area (TPSA) is 46.3 Å². The Bertz CT molecular complexity index is 468. The molecule has 2 unspecified atom stereocenters. The molecule has 2 aliphatic rings. The normalized spacial score (nSPS) is 25.5. The van der Waals surface area contributed by atoms with Crippen molar-refractivity contribution in [2.75, 3.05) is 12.3 Å². The summed E-state index contributed by atoms with van der Waals surface area (Å²) in [5, 5.41) is 0.